The van der Waals surface area contributed by atoms with Gasteiger partial charge < -0.3 is 9.73 Å². The maximum atomic E-state index is 12.4. The van der Waals surface area contributed by atoms with E-state index in [1.165, 1.54) is 30.5 Å². The molecule has 0 bridgehead atoms. The molecule has 2 N–H and O–H groups in total. The number of para-hydroxylation sites is 1. The van der Waals surface area contributed by atoms with E-state index >= 15 is 0 Å². The van der Waals surface area contributed by atoms with Crippen molar-refractivity contribution in [3.63, 3.8) is 0 Å². The Balaban J connectivity index is 1.53. The number of benzene rings is 2. The number of nitrogens with zero attached hydrogens (tertiary/aromatic N) is 1. The van der Waals surface area contributed by atoms with Crippen molar-refractivity contribution in [3.05, 3.63) is 82.2 Å². The summed E-state index contributed by atoms with van der Waals surface area (Å²) in [6.45, 7) is 0. The van der Waals surface area contributed by atoms with Crippen LogP contribution in [0, 0.1) is 0 Å². The average Bonchev–Trinajstić information content (AvgIpc) is 3.20. The molecule has 1 amide bonds. The van der Waals surface area contributed by atoms with Gasteiger partial charge in [0.1, 0.15) is 5.58 Å². The molecule has 0 fully saturated rings. The number of hydrogen-bond acceptors (Lipinski definition) is 7. The Bertz CT molecular complexity index is 1340. The lowest BCUT2D eigenvalue weighted by molar-refractivity contribution is 0.0997. The van der Waals surface area contributed by atoms with Crippen LogP contribution in [0.5, 0.6) is 0 Å². The van der Waals surface area contributed by atoms with Gasteiger partial charge in [0.15, 0.2) is 16.3 Å². The number of hydrogen-bond donors (Lipinski definition) is 2. The van der Waals surface area contributed by atoms with Crippen molar-refractivity contribution in [2.24, 2.45) is 0 Å². The third-order valence-corrected chi connectivity index (χ3v) is 6.11. The third kappa shape index (κ3) is 4.03. The second-order valence-corrected chi connectivity index (χ2v) is 8.47. The molecular formula is C19H13N3O5S2. The first kappa shape index (κ1) is 18.8. The van der Waals surface area contributed by atoms with Gasteiger partial charge in [0.25, 0.3) is 15.9 Å². The summed E-state index contributed by atoms with van der Waals surface area (Å²) in [7, 11) is -3.79. The summed E-state index contributed by atoms with van der Waals surface area (Å²) in [6.07, 6.45) is 1.49. The molecule has 29 heavy (non-hydrogen) atoms. The lowest BCUT2D eigenvalue weighted by Gasteiger charge is -2.08. The topological polar surface area (TPSA) is 118 Å². The van der Waals surface area contributed by atoms with Crippen LogP contribution in [0.3, 0.4) is 0 Å². The molecule has 0 saturated heterocycles. The Morgan fingerprint density at radius 1 is 1.07 bits per heavy atom. The number of anilines is 2. The molecule has 0 aliphatic carbocycles. The van der Waals surface area contributed by atoms with Crippen molar-refractivity contribution >= 4 is 49.1 Å². The summed E-state index contributed by atoms with van der Waals surface area (Å²) in [5.74, 6) is -0.764. The van der Waals surface area contributed by atoms with E-state index in [2.05, 4.69) is 15.0 Å². The van der Waals surface area contributed by atoms with Gasteiger partial charge in [-0.25, -0.2) is 13.4 Å². The van der Waals surface area contributed by atoms with Gasteiger partial charge in [0.05, 0.1) is 10.3 Å². The molecule has 2 heterocycles. The maximum absolute atomic E-state index is 12.4. The minimum absolute atomic E-state index is 0.0166. The van der Waals surface area contributed by atoms with E-state index in [0.717, 1.165) is 17.4 Å². The minimum Gasteiger partial charge on any atom is -0.451 e. The van der Waals surface area contributed by atoms with E-state index in [-0.39, 0.29) is 21.2 Å². The summed E-state index contributed by atoms with van der Waals surface area (Å²) in [5.41, 5.74) is 0.325. The van der Waals surface area contributed by atoms with Gasteiger partial charge in [-0.15, -0.1) is 11.3 Å². The molecule has 4 rings (SSSR count). The van der Waals surface area contributed by atoms with Crippen molar-refractivity contribution in [2.45, 2.75) is 4.90 Å². The van der Waals surface area contributed by atoms with Gasteiger partial charge in [-0.2, -0.15) is 0 Å². The van der Waals surface area contributed by atoms with Crippen LogP contribution < -0.4 is 15.5 Å². The number of sulfonamides is 1. The van der Waals surface area contributed by atoms with Crippen molar-refractivity contribution in [1.82, 2.24) is 4.98 Å². The van der Waals surface area contributed by atoms with Crippen molar-refractivity contribution in [3.8, 4) is 0 Å². The molecule has 2 aromatic heterocycles. The molecule has 0 aliphatic rings. The first-order valence-electron chi connectivity index (χ1n) is 8.29. The number of amides is 1. The van der Waals surface area contributed by atoms with Gasteiger partial charge in [0.2, 0.25) is 0 Å². The van der Waals surface area contributed by atoms with Crippen molar-refractivity contribution in [1.29, 1.82) is 0 Å². The van der Waals surface area contributed by atoms with Crippen LogP contribution in [-0.4, -0.2) is 19.3 Å². The molecule has 2 aromatic carbocycles. The quantitative estimate of drug-likeness (QED) is 0.504. The Labute approximate surface area is 168 Å². The molecule has 0 unspecified atom stereocenters. The summed E-state index contributed by atoms with van der Waals surface area (Å²) >= 11 is 1.16. The highest BCUT2D eigenvalue weighted by molar-refractivity contribution is 7.93. The number of fused-ring (bicyclic) bond motifs is 1. The highest BCUT2D eigenvalue weighted by Gasteiger charge is 2.16. The SMILES string of the molecule is O=C(Nc1ccc(S(=O)(=O)Nc2nccs2)cc1)c1cc(=O)c2ccccc2o1. The lowest BCUT2D eigenvalue weighted by Crippen LogP contribution is -2.15. The van der Waals surface area contributed by atoms with Crippen LogP contribution in [0.15, 0.2) is 80.3 Å². The van der Waals surface area contributed by atoms with E-state index in [9.17, 15) is 18.0 Å². The zero-order valence-electron chi connectivity index (χ0n) is 14.7. The first-order valence-corrected chi connectivity index (χ1v) is 10.7. The average molecular weight is 427 g/mol. The number of thiazole rings is 1. The Morgan fingerprint density at radius 2 is 1.83 bits per heavy atom. The van der Waals surface area contributed by atoms with E-state index < -0.39 is 15.9 Å². The highest BCUT2D eigenvalue weighted by atomic mass is 32.2. The summed E-state index contributed by atoms with van der Waals surface area (Å²) < 4.78 is 32.5. The molecular weight excluding hydrogens is 414 g/mol. The molecule has 0 atom stereocenters. The minimum atomic E-state index is -3.79. The zero-order valence-corrected chi connectivity index (χ0v) is 16.3. The Hall–Kier alpha value is -3.50. The molecule has 0 aliphatic heterocycles. The standard InChI is InChI=1S/C19H13N3O5S2/c23-15-11-17(27-16-4-2-1-3-14(15)16)18(24)21-12-5-7-13(8-6-12)29(25,26)22-19-20-9-10-28-19/h1-11H,(H,20,22)(H,21,24). The van der Waals surface area contributed by atoms with Crippen LogP contribution in [0.4, 0.5) is 10.8 Å². The van der Waals surface area contributed by atoms with Gasteiger partial charge in [0, 0.05) is 23.3 Å². The van der Waals surface area contributed by atoms with Gasteiger partial charge >= 0.3 is 0 Å². The predicted molar refractivity (Wildman–Crippen MR) is 110 cm³/mol. The van der Waals surface area contributed by atoms with Crippen LogP contribution in [0.2, 0.25) is 0 Å². The molecule has 4 aromatic rings. The normalized spacial score (nSPS) is 11.3. The van der Waals surface area contributed by atoms with Crippen LogP contribution in [0.25, 0.3) is 11.0 Å². The molecule has 0 saturated carbocycles. The van der Waals surface area contributed by atoms with Crippen LogP contribution in [0.1, 0.15) is 10.6 Å². The second kappa shape index (κ2) is 7.49. The predicted octanol–water partition coefficient (Wildman–Crippen LogP) is 3.30. The third-order valence-electron chi connectivity index (χ3n) is 3.93. The van der Waals surface area contributed by atoms with Crippen LogP contribution in [-0.2, 0) is 10.0 Å². The molecule has 146 valence electrons. The molecule has 0 radical (unpaired) electrons. The summed E-state index contributed by atoms with van der Waals surface area (Å²) in [5, 5.41) is 4.87. The van der Waals surface area contributed by atoms with E-state index in [1.54, 1.807) is 29.6 Å². The maximum Gasteiger partial charge on any atom is 0.291 e. The highest BCUT2D eigenvalue weighted by Crippen LogP contribution is 2.20. The number of rotatable bonds is 5. The van der Waals surface area contributed by atoms with E-state index in [0.29, 0.717) is 16.7 Å². The first-order chi connectivity index (χ1) is 13.9. The second-order valence-electron chi connectivity index (χ2n) is 5.89. The van der Waals surface area contributed by atoms with Gasteiger partial charge in [-0.3, -0.25) is 14.3 Å². The van der Waals surface area contributed by atoms with Gasteiger partial charge in [-0.1, -0.05) is 12.1 Å². The number of carbonyl (C=O) groups excluding carboxylic acids is 1. The molecule has 8 nitrogen and oxygen atoms in total. The summed E-state index contributed by atoms with van der Waals surface area (Å²) in [4.78, 5) is 28.4. The molecule has 10 heteroatoms. The largest absolute Gasteiger partial charge is 0.451 e. The fraction of sp³-hybridized carbons (Fsp3) is 0. The summed E-state index contributed by atoms with van der Waals surface area (Å²) in [6, 6.07) is 13.3. The van der Waals surface area contributed by atoms with Gasteiger partial charge in [-0.05, 0) is 36.4 Å². The fourth-order valence-corrected chi connectivity index (χ4v) is 4.36. The van der Waals surface area contributed by atoms with Crippen LogP contribution >= 0.6 is 11.3 Å². The van der Waals surface area contributed by atoms with E-state index in [4.69, 9.17) is 4.42 Å². The van der Waals surface area contributed by atoms with Crippen molar-refractivity contribution < 1.29 is 17.6 Å². The zero-order chi connectivity index (χ0) is 20.4. The lowest BCUT2D eigenvalue weighted by atomic mass is 10.2. The monoisotopic (exact) mass is 427 g/mol. The number of aromatic nitrogens is 1. The fourth-order valence-electron chi connectivity index (χ4n) is 2.57. The van der Waals surface area contributed by atoms with Crippen molar-refractivity contribution in [2.75, 3.05) is 10.0 Å². The van der Waals surface area contributed by atoms with E-state index in [1.807, 2.05) is 0 Å². The number of carbonyl (C=O) groups is 1. The molecule has 0 spiro atoms. The Morgan fingerprint density at radius 3 is 2.55 bits per heavy atom. The number of nitrogens with one attached hydrogen (secondary N) is 2. The smallest absolute Gasteiger partial charge is 0.291 e. The Kier molecular flexibility index (Phi) is 4.87.